The van der Waals surface area contributed by atoms with Crippen molar-refractivity contribution in [2.45, 2.75) is 24.8 Å². The van der Waals surface area contributed by atoms with Crippen LogP contribution in [-0.2, 0) is 20.7 Å². The fraction of sp³-hybridized carbons (Fsp3) is 0.240. The minimum absolute atomic E-state index is 0.0237. The fourth-order valence-corrected chi connectivity index (χ4v) is 4.43. The molecule has 156 valence electrons. The topological polar surface area (TPSA) is 68.7 Å². The van der Waals surface area contributed by atoms with E-state index in [1.807, 2.05) is 36.4 Å². The molecule has 2 heterocycles. The van der Waals surface area contributed by atoms with E-state index in [9.17, 15) is 9.59 Å². The number of nitrogens with zero attached hydrogens (tertiary/aromatic N) is 2. The Bertz CT molecular complexity index is 1070. The first-order valence-corrected chi connectivity index (χ1v) is 10.4. The molecule has 6 nitrogen and oxygen atoms in total. The van der Waals surface area contributed by atoms with Crippen LogP contribution in [0.15, 0.2) is 73.1 Å². The van der Waals surface area contributed by atoms with E-state index in [0.717, 1.165) is 16.7 Å². The third-order valence-electron chi connectivity index (χ3n) is 5.99. The Morgan fingerprint density at radius 1 is 1.03 bits per heavy atom. The lowest BCUT2D eigenvalue weighted by Crippen LogP contribution is -2.39. The highest BCUT2D eigenvalue weighted by atomic mass is 16.6. The third-order valence-corrected chi connectivity index (χ3v) is 5.99. The van der Waals surface area contributed by atoms with Crippen LogP contribution in [0.1, 0.15) is 29.0 Å². The van der Waals surface area contributed by atoms with Crippen molar-refractivity contribution in [3.63, 3.8) is 0 Å². The average Bonchev–Trinajstić information content (AvgIpc) is 3.34. The van der Waals surface area contributed by atoms with Crippen LogP contribution < -0.4 is 0 Å². The first-order valence-electron chi connectivity index (χ1n) is 10.4. The van der Waals surface area contributed by atoms with Gasteiger partial charge in [0.15, 0.2) is 6.73 Å². The summed E-state index contributed by atoms with van der Waals surface area (Å²) in [7, 11) is 0. The number of hydrogen-bond acceptors (Lipinski definition) is 5. The van der Waals surface area contributed by atoms with Crippen molar-refractivity contribution in [1.29, 1.82) is 0 Å². The van der Waals surface area contributed by atoms with Crippen LogP contribution >= 0.6 is 0 Å². The van der Waals surface area contributed by atoms with Crippen LogP contribution in [0.25, 0.3) is 11.1 Å². The first kappa shape index (κ1) is 19.3. The number of cyclic esters (lactones) is 1. The van der Waals surface area contributed by atoms with Crippen LogP contribution in [0.3, 0.4) is 0 Å². The van der Waals surface area contributed by atoms with E-state index in [2.05, 4.69) is 29.2 Å². The van der Waals surface area contributed by atoms with Crippen molar-refractivity contribution >= 4 is 12.1 Å². The van der Waals surface area contributed by atoms with Gasteiger partial charge in [-0.3, -0.25) is 9.88 Å². The molecule has 0 bridgehead atoms. The van der Waals surface area contributed by atoms with Crippen molar-refractivity contribution in [2.24, 2.45) is 0 Å². The number of esters is 1. The Balaban J connectivity index is 1.27. The second-order valence-corrected chi connectivity index (χ2v) is 7.78. The van der Waals surface area contributed by atoms with Crippen molar-refractivity contribution in [1.82, 2.24) is 9.88 Å². The van der Waals surface area contributed by atoms with Gasteiger partial charge in [-0.2, -0.15) is 0 Å². The molecule has 0 saturated carbocycles. The van der Waals surface area contributed by atoms with E-state index < -0.39 is 18.1 Å². The van der Waals surface area contributed by atoms with Gasteiger partial charge in [0.05, 0.1) is 0 Å². The van der Waals surface area contributed by atoms with Crippen LogP contribution in [0, 0.1) is 0 Å². The summed E-state index contributed by atoms with van der Waals surface area (Å²) < 4.78 is 10.8. The van der Waals surface area contributed by atoms with Crippen LogP contribution in [0.2, 0.25) is 0 Å². The van der Waals surface area contributed by atoms with Crippen molar-refractivity contribution in [3.8, 4) is 11.1 Å². The fourth-order valence-electron chi connectivity index (χ4n) is 4.43. The number of amides is 1. The Hall–Kier alpha value is -3.67. The maximum atomic E-state index is 12.9. The molecule has 0 unspecified atom stereocenters. The number of pyridine rings is 1. The Morgan fingerprint density at radius 3 is 2.42 bits per heavy atom. The van der Waals surface area contributed by atoms with Gasteiger partial charge in [-0.15, -0.1) is 0 Å². The van der Waals surface area contributed by atoms with Gasteiger partial charge < -0.3 is 9.47 Å². The van der Waals surface area contributed by atoms with E-state index in [0.29, 0.717) is 12.8 Å². The van der Waals surface area contributed by atoms with Gasteiger partial charge in [0, 0.05) is 18.3 Å². The van der Waals surface area contributed by atoms with Gasteiger partial charge in [-0.25, -0.2) is 9.59 Å². The molecular weight excluding hydrogens is 392 g/mol. The highest BCUT2D eigenvalue weighted by Crippen LogP contribution is 2.44. The van der Waals surface area contributed by atoms with Gasteiger partial charge in [0.1, 0.15) is 12.6 Å². The molecule has 6 heteroatoms. The number of carbonyl (C=O) groups is 2. The molecule has 0 spiro atoms. The van der Waals surface area contributed by atoms with E-state index >= 15 is 0 Å². The maximum absolute atomic E-state index is 12.9. The predicted octanol–water partition coefficient (Wildman–Crippen LogP) is 4.15. The second kappa shape index (κ2) is 8.22. The van der Waals surface area contributed by atoms with Crippen molar-refractivity contribution in [3.05, 3.63) is 89.7 Å². The summed E-state index contributed by atoms with van der Waals surface area (Å²) in [5, 5.41) is 0. The highest BCUT2D eigenvalue weighted by molar-refractivity contribution is 5.84. The minimum atomic E-state index is -0.643. The summed E-state index contributed by atoms with van der Waals surface area (Å²) in [4.78, 5) is 30.5. The molecule has 1 aliphatic heterocycles. The van der Waals surface area contributed by atoms with E-state index in [1.54, 1.807) is 12.4 Å². The average molecular weight is 414 g/mol. The van der Waals surface area contributed by atoms with E-state index in [-0.39, 0.29) is 19.3 Å². The lowest BCUT2D eigenvalue weighted by Gasteiger charge is -2.21. The lowest BCUT2D eigenvalue weighted by atomic mass is 9.98. The van der Waals surface area contributed by atoms with Gasteiger partial charge in [0.25, 0.3) is 0 Å². The zero-order valence-corrected chi connectivity index (χ0v) is 16.9. The molecule has 0 radical (unpaired) electrons. The summed E-state index contributed by atoms with van der Waals surface area (Å²) in [6, 6.07) is 19.5. The molecule has 1 amide bonds. The molecule has 2 aliphatic rings. The smallest absolute Gasteiger partial charge is 0.413 e. The minimum Gasteiger partial charge on any atom is -0.448 e. The molecule has 1 aromatic heterocycles. The number of benzene rings is 2. The predicted molar refractivity (Wildman–Crippen MR) is 114 cm³/mol. The molecule has 1 fully saturated rings. The molecule has 31 heavy (non-hydrogen) atoms. The summed E-state index contributed by atoms with van der Waals surface area (Å²) in [5.74, 6) is -0.415. The summed E-state index contributed by atoms with van der Waals surface area (Å²) in [6.45, 7) is 0.139. The number of carbonyl (C=O) groups excluding carboxylic acids is 2. The third kappa shape index (κ3) is 3.65. The molecular formula is C25H22N2O4. The largest absolute Gasteiger partial charge is 0.448 e. The maximum Gasteiger partial charge on any atom is 0.413 e. The van der Waals surface area contributed by atoms with Gasteiger partial charge in [-0.1, -0.05) is 54.6 Å². The monoisotopic (exact) mass is 414 g/mol. The Kier molecular flexibility index (Phi) is 5.12. The van der Waals surface area contributed by atoms with Crippen LogP contribution in [-0.4, -0.2) is 41.3 Å². The number of aromatic nitrogens is 1. The molecule has 3 aromatic rings. The first-order chi connectivity index (χ1) is 15.2. The summed E-state index contributed by atoms with van der Waals surface area (Å²) >= 11 is 0. The molecule has 1 saturated heterocycles. The lowest BCUT2D eigenvalue weighted by molar-refractivity contribution is -0.139. The standard InChI is InChI=1S/C25H22N2O4/c28-24-23(12-11-17-6-5-13-26-14-17)27(16-31-24)25(29)30-15-22-20-9-3-1-7-18(20)19-8-2-4-10-21(19)22/h1-10,13-14,22-23H,11-12,15-16H2/t23-/m0/s1. The molecule has 5 rings (SSSR count). The van der Waals surface area contributed by atoms with Crippen LogP contribution in [0.4, 0.5) is 4.79 Å². The van der Waals surface area contributed by atoms with E-state index in [1.165, 1.54) is 16.0 Å². The number of hydrogen-bond donors (Lipinski definition) is 0. The van der Waals surface area contributed by atoms with Crippen molar-refractivity contribution < 1.29 is 19.1 Å². The quantitative estimate of drug-likeness (QED) is 0.587. The Morgan fingerprint density at radius 2 is 1.74 bits per heavy atom. The molecule has 1 atom stereocenters. The SMILES string of the molecule is O=C1OCN(C(=O)OCC2c3ccccc3-c3ccccc32)[C@H]1CCc1cccnc1. The zero-order valence-electron chi connectivity index (χ0n) is 16.9. The molecule has 2 aromatic carbocycles. The summed E-state index contributed by atoms with van der Waals surface area (Å²) in [5.41, 5.74) is 5.66. The number of aryl methyl sites for hydroxylation is 1. The highest BCUT2D eigenvalue weighted by Gasteiger charge is 2.39. The number of ether oxygens (including phenoxy) is 2. The normalized spacial score (nSPS) is 17.2. The summed E-state index contributed by atoms with van der Waals surface area (Å²) in [6.07, 6.45) is 4.04. The molecule has 1 aliphatic carbocycles. The number of fused-ring (bicyclic) bond motifs is 3. The second-order valence-electron chi connectivity index (χ2n) is 7.78. The van der Waals surface area contributed by atoms with Crippen LogP contribution in [0.5, 0.6) is 0 Å². The van der Waals surface area contributed by atoms with Gasteiger partial charge in [0.2, 0.25) is 0 Å². The van der Waals surface area contributed by atoms with Gasteiger partial charge >= 0.3 is 12.1 Å². The van der Waals surface area contributed by atoms with E-state index in [4.69, 9.17) is 9.47 Å². The Labute approximate surface area is 180 Å². The number of rotatable bonds is 5. The zero-order chi connectivity index (χ0) is 21.2. The van der Waals surface area contributed by atoms with Crippen molar-refractivity contribution in [2.75, 3.05) is 13.3 Å². The van der Waals surface area contributed by atoms with Gasteiger partial charge in [-0.05, 0) is 46.7 Å². The molecule has 0 N–H and O–H groups in total.